The zero-order valence-electron chi connectivity index (χ0n) is 15.7. The molecule has 0 saturated heterocycles. The van der Waals surface area contributed by atoms with Gasteiger partial charge in [-0.1, -0.05) is 36.4 Å². The quantitative estimate of drug-likeness (QED) is 0.390. The van der Waals surface area contributed by atoms with Crippen molar-refractivity contribution in [1.29, 1.82) is 0 Å². The summed E-state index contributed by atoms with van der Waals surface area (Å²) in [6.07, 6.45) is 0. The number of hydrogen-bond acceptors (Lipinski definition) is 5. The van der Waals surface area contributed by atoms with E-state index in [0.29, 0.717) is 16.3 Å². The van der Waals surface area contributed by atoms with Crippen LogP contribution in [0.1, 0.15) is 25.6 Å². The summed E-state index contributed by atoms with van der Waals surface area (Å²) in [7, 11) is 1.34. The number of aromatic carboxylic acids is 1. The predicted molar refractivity (Wildman–Crippen MR) is 119 cm³/mol. The summed E-state index contributed by atoms with van der Waals surface area (Å²) in [5.41, 5.74) is 2.78. The standard InChI is InChI=1S/C21H18N2O4S2/c1-12-16(13-7-4-3-5-8-13)17(20(26)27-2)18(29-12)23-21(28)22-15-10-6-9-14(11-15)19(24)25/h3-11H,1-2H3,(H,24,25)(H2,22,23,28). The number of anilines is 2. The van der Waals surface area contributed by atoms with Crippen LogP contribution < -0.4 is 10.6 Å². The lowest BCUT2D eigenvalue weighted by molar-refractivity contribution is 0.0602. The number of carbonyl (C=O) groups is 2. The number of thiophene rings is 1. The molecule has 0 aliphatic heterocycles. The van der Waals surface area contributed by atoms with Gasteiger partial charge in [-0.3, -0.25) is 0 Å². The maximum Gasteiger partial charge on any atom is 0.341 e. The Hall–Kier alpha value is -3.23. The van der Waals surface area contributed by atoms with Crippen molar-refractivity contribution < 1.29 is 19.4 Å². The molecule has 0 amide bonds. The molecule has 0 fully saturated rings. The summed E-state index contributed by atoms with van der Waals surface area (Å²) < 4.78 is 4.99. The number of ether oxygens (including phenoxy) is 1. The van der Waals surface area contributed by atoms with Gasteiger partial charge in [-0.05, 0) is 42.9 Å². The molecule has 29 heavy (non-hydrogen) atoms. The van der Waals surface area contributed by atoms with E-state index in [9.17, 15) is 9.59 Å². The fraction of sp³-hybridized carbons (Fsp3) is 0.0952. The van der Waals surface area contributed by atoms with E-state index >= 15 is 0 Å². The highest BCUT2D eigenvalue weighted by Crippen LogP contribution is 2.40. The predicted octanol–water partition coefficient (Wildman–Crippen LogP) is 5.02. The summed E-state index contributed by atoms with van der Waals surface area (Å²) >= 11 is 6.76. The highest BCUT2D eigenvalue weighted by Gasteiger charge is 2.24. The topological polar surface area (TPSA) is 87.7 Å². The number of methoxy groups -OCH3 is 1. The molecule has 2 aromatic carbocycles. The van der Waals surface area contributed by atoms with Crippen molar-refractivity contribution >= 4 is 51.3 Å². The molecule has 1 aromatic heterocycles. The Morgan fingerprint density at radius 3 is 2.45 bits per heavy atom. The minimum absolute atomic E-state index is 0.145. The molecule has 3 N–H and O–H groups in total. The Kier molecular flexibility index (Phi) is 6.26. The SMILES string of the molecule is COC(=O)c1c(NC(=S)Nc2cccc(C(=O)O)c2)sc(C)c1-c1ccccc1. The van der Waals surface area contributed by atoms with Crippen LogP contribution in [0, 0.1) is 6.92 Å². The summed E-state index contributed by atoms with van der Waals surface area (Å²) in [6.45, 7) is 1.93. The Bertz CT molecular complexity index is 1080. The van der Waals surface area contributed by atoms with Crippen LogP contribution >= 0.6 is 23.6 Å². The number of nitrogens with one attached hydrogen (secondary N) is 2. The lowest BCUT2D eigenvalue weighted by Crippen LogP contribution is -2.20. The van der Waals surface area contributed by atoms with Gasteiger partial charge in [0, 0.05) is 16.1 Å². The van der Waals surface area contributed by atoms with Gasteiger partial charge in [-0.2, -0.15) is 0 Å². The van der Waals surface area contributed by atoms with Gasteiger partial charge in [0.25, 0.3) is 0 Å². The third kappa shape index (κ3) is 4.61. The number of thiocarbonyl (C=S) groups is 1. The molecular formula is C21H18N2O4S2. The average molecular weight is 427 g/mol. The molecule has 8 heteroatoms. The Balaban J connectivity index is 1.91. The molecule has 1 heterocycles. The van der Waals surface area contributed by atoms with Gasteiger partial charge in [0.1, 0.15) is 10.6 Å². The molecule has 0 aliphatic carbocycles. The van der Waals surface area contributed by atoms with Crippen LogP contribution in [0.2, 0.25) is 0 Å². The summed E-state index contributed by atoms with van der Waals surface area (Å²) in [6, 6.07) is 15.9. The molecule has 3 rings (SSSR count). The maximum atomic E-state index is 12.5. The third-order valence-electron chi connectivity index (χ3n) is 4.13. The molecule has 148 valence electrons. The Labute approximate surface area is 177 Å². The smallest absolute Gasteiger partial charge is 0.341 e. The largest absolute Gasteiger partial charge is 0.478 e. The Morgan fingerprint density at radius 1 is 1.07 bits per heavy atom. The maximum absolute atomic E-state index is 12.5. The van der Waals surface area contributed by atoms with Crippen LogP contribution in [0.5, 0.6) is 0 Å². The van der Waals surface area contributed by atoms with E-state index in [0.717, 1.165) is 16.0 Å². The van der Waals surface area contributed by atoms with E-state index in [2.05, 4.69) is 10.6 Å². The molecule has 0 atom stereocenters. The number of carbonyl (C=O) groups excluding carboxylic acids is 1. The molecule has 0 unspecified atom stereocenters. The van der Waals surface area contributed by atoms with Crippen molar-refractivity contribution in [3.63, 3.8) is 0 Å². The second-order valence-corrected chi connectivity index (χ2v) is 7.69. The number of carboxylic acid groups (broad SMARTS) is 1. The number of aryl methyl sites for hydroxylation is 1. The minimum Gasteiger partial charge on any atom is -0.478 e. The molecule has 6 nitrogen and oxygen atoms in total. The molecular weight excluding hydrogens is 408 g/mol. The zero-order chi connectivity index (χ0) is 21.0. The van der Waals surface area contributed by atoms with E-state index in [1.54, 1.807) is 12.1 Å². The van der Waals surface area contributed by atoms with Crippen molar-refractivity contribution in [1.82, 2.24) is 0 Å². The van der Waals surface area contributed by atoms with Gasteiger partial charge >= 0.3 is 11.9 Å². The summed E-state index contributed by atoms with van der Waals surface area (Å²) in [5, 5.41) is 15.9. The first-order valence-electron chi connectivity index (χ1n) is 8.59. The molecule has 0 spiro atoms. The van der Waals surface area contributed by atoms with Gasteiger partial charge in [-0.15, -0.1) is 11.3 Å². The van der Waals surface area contributed by atoms with Crippen LogP contribution in [0.3, 0.4) is 0 Å². The summed E-state index contributed by atoms with van der Waals surface area (Å²) in [5.74, 6) is -1.49. The highest BCUT2D eigenvalue weighted by molar-refractivity contribution is 7.80. The normalized spacial score (nSPS) is 10.3. The minimum atomic E-state index is -1.03. The molecule has 0 radical (unpaired) electrons. The van der Waals surface area contributed by atoms with Gasteiger partial charge in [0.15, 0.2) is 5.11 Å². The molecule has 3 aromatic rings. The fourth-order valence-electron chi connectivity index (χ4n) is 2.88. The summed E-state index contributed by atoms with van der Waals surface area (Å²) in [4.78, 5) is 24.6. The van der Waals surface area contributed by atoms with E-state index in [-0.39, 0.29) is 10.7 Å². The molecule has 0 aliphatic rings. The van der Waals surface area contributed by atoms with Crippen LogP contribution in [-0.4, -0.2) is 29.3 Å². The van der Waals surface area contributed by atoms with Crippen LogP contribution in [-0.2, 0) is 4.74 Å². The molecule has 0 bridgehead atoms. The van der Waals surface area contributed by atoms with E-state index in [1.807, 2.05) is 37.3 Å². The van der Waals surface area contributed by atoms with Crippen LogP contribution in [0.15, 0.2) is 54.6 Å². The zero-order valence-corrected chi connectivity index (χ0v) is 17.3. The lowest BCUT2D eigenvalue weighted by Gasteiger charge is -2.12. The first-order chi connectivity index (χ1) is 13.9. The average Bonchev–Trinajstić information content (AvgIpc) is 3.03. The number of esters is 1. The van der Waals surface area contributed by atoms with Crippen molar-refractivity contribution in [2.75, 3.05) is 17.7 Å². The number of rotatable bonds is 5. The van der Waals surface area contributed by atoms with Crippen LogP contribution in [0.25, 0.3) is 11.1 Å². The number of benzene rings is 2. The van der Waals surface area contributed by atoms with Crippen molar-refractivity contribution in [3.05, 3.63) is 70.6 Å². The monoisotopic (exact) mass is 426 g/mol. The first kappa shape index (κ1) is 20.5. The van der Waals surface area contributed by atoms with Crippen LogP contribution in [0.4, 0.5) is 10.7 Å². The second-order valence-electron chi connectivity index (χ2n) is 6.06. The first-order valence-corrected chi connectivity index (χ1v) is 9.81. The van der Waals surface area contributed by atoms with E-state index in [1.165, 1.54) is 30.6 Å². The van der Waals surface area contributed by atoms with Gasteiger partial charge in [0.2, 0.25) is 0 Å². The van der Waals surface area contributed by atoms with Gasteiger partial charge in [0.05, 0.1) is 12.7 Å². The lowest BCUT2D eigenvalue weighted by atomic mass is 10.0. The van der Waals surface area contributed by atoms with Gasteiger partial charge in [-0.25, -0.2) is 9.59 Å². The van der Waals surface area contributed by atoms with Crippen molar-refractivity contribution in [2.24, 2.45) is 0 Å². The Morgan fingerprint density at radius 2 is 1.79 bits per heavy atom. The number of carboxylic acids is 1. The van der Waals surface area contributed by atoms with Crippen molar-refractivity contribution in [2.45, 2.75) is 6.92 Å². The van der Waals surface area contributed by atoms with Gasteiger partial charge < -0.3 is 20.5 Å². The number of hydrogen-bond donors (Lipinski definition) is 3. The van der Waals surface area contributed by atoms with E-state index < -0.39 is 11.9 Å². The molecule has 0 saturated carbocycles. The highest BCUT2D eigenvalue weighted by atomic mass is 32.1. The third-order valence-corrected chi connectivity index (χ3v) is 5.36. The van der Waals surface area contributed by atoms with E-state index in [4.69, 9.17) is 22.1 Å². The fourth-order valence-corrected chi connectivity index (χ4v) is 4.23. The van der Waals surface area contributed by atoms with Crippen molar-refractivity contribution in [3.8, 4) is 11.1 Å². The second kappa shape index (κ2) is 8.85.